The van der Waals surface area contributed by atoms with Crippen LogP contribution in [0.2, 0.25) is 0 Å². The summed E-state index contributed by atoms with van der Waals surface area (Å²) in [5, 5.41) is 107. The molecule has 0 radical (unpaired) electrons. The molecule has 63 heavy (non-hydrogen) atoms. The molecule has 4 aliphatic carbocycles. The maximum atomic E-state index is 14.6. The molecule has 0 amide bonds. The normalized spacial score (nSPS) is 58.2. The predicted molar refractivity (Wildman–Crippen MR) is 211 cm³/mol. The average Bonchev–Trinajstić information content (AvgIpc) is 3.71. The number of ketones is 1. The number of fused-ring (bicyclic) bond motifs is 7. The molecule has 0 aromatic heterocycles. The zero-order valence-corrected chi connectivity index (χ0v) is 36.5. The van der Waals surface area contributed by atoms with Gasteiger partial charge in [-0.2, -0.15) is 0 Å². The van der Waals surface area contributed by atoms with Gasteiger partial charge in [-0.15, -0.1) is 0 Å². The van der Waals surface area contributed by atoms with E-state index in [1.54, 1.807) is 0 Å². The van der Waals surface area contributed by atoms with Crippen molar-refractivity contribution in [1.29, 1.82) is 0 Å². The maximum Gasteiger partial charge on any atom is 0.187 e. The first kappa shape index (κ1) is 47.0. The van der Waals surface area contributed by atoms with Gasteiger partial charge in [0.05, 0.1) is 44.7 Å². The molecule has 5 aliphatic heterocycles. The first-order valence-corrected chi connectivity index (χ1v) is 23.3. The highest BCUT2D eigenvalue weighted by molar-refractivity contribution is 5.87. The van der Waals surface area contributed by atoms with Crippen molar-refractivity contribution in [2.45, 2.75) is 189 Å². The molecule has 9 rings (SSSR count). The van der Waals surface area contributed by atoms with Crippen LogP contribution in [-0.2, 0) is 42.7 Å². The Kier molecular flexibility index (Phi) is 13.0. The summed E-state index contributed by atoms with van der Waals surface area (Å²) in [6.07, 6.45) is -19.3. The first-order valence-electron chi connectivity index (χ1n) is 23.3. The van der Waals surface area contributed by atoms with E-state index in [9.17, 15) is 55.9 Å². The van der Waals surface area contributed by atoms with E-state index in [0.717, 1.165) is 32.1 Å². The molecule has 1 spiro atoms. The number of Topliss-reactive ketones (excluding diaryl/α,β-unsaturated/α-hetero) is 1. The number of ether oxygens (including phenoxy) is 8. The van der Waals surface area contributed by atoms with Crippen molar-refractivity contribution in [3.8, 4) is 0 Å². The Morgan fingerprint density at radius 2 is 1.38 bits per heavy atom. The van der Waals surface area contributed by atoms with E-state index in [1.807, 2.05) is 0 Å². The minimum atomic E-state index is -1.84. The molecule has 0 unspecified atom stereocenters. The standard InChI is InChI=1S/C44H70O19/c1-17-7-8-44(57-15-17)18(2)30-26(63-44)10-22-20-6-5-19-9-25(23(47)12-42(19,3)21(20)11-29(49)43(22,30)4)58-40-36(55)34(53)37(28(14-46)60-40)61-41-38(33(52)32(51)27(13-45)59-41)62-39-35(54)31(50)24(48)16-56-39/h17-28,30-41,45-48,50-55H,5-16H2,1-4H3/t17-,18+,19+,20-,21+,22+,23-,24-,25-,26+,27-,28-,30+,31+,32-,33+,34-,35-,36-,37+,38-,39+,40-,41+,42+,43-,44-/m1/s1. The molecular formula is C44H70O19. The highest BCUT2D eigenvalue weighted by Gasteiger charge is 2.72. The van der Waals surface area contributed by atoms with Gasteiger partial charge in [-0.05, 0) is 73.5 Å². The summed E-state index contributed by atoms with van der Waals surface area (Å²) in [5.74, 6) is 0.932. The summed E-state index contributed by atoms with van der Waals surface area (Å²) in [7, 11) is 0. The Labute approximate surface area is 366 Å². The molecule has 9 aliphatic rings. The summed E-state index contributed by atoms with van der Waals surface area (Å²) in [5.41, 5.74) is -0.881. The van der Waals surface area contributed by atoms with Gasteiger partial charge in [0, 0.05) is 30.1 Å². The van der Waals surface area contributed by atoms with Crippen molar-refractivity contribution in [3.05, 3.63) is 0 Å². The highest BCUT2D eigenvalue weighted by Crippen LogP contribution is 2.70. The van der Waals surface area contributed by atoms with E-state index < -0.39 is 129 Å². The van der Waals surface area contributed by atoms with Crippen molar-refractivity contribution in [2.75, 3.05) is 26.4 Å². The van der Waals surface area contributed by atoms with E-state index in [1.165, 1.54) is 0 Å². The van der Waals surface area contributed by atoms with Crippen molar-refractivity contribution in [2.24, 2.45) is 52.3 Å². The topological polar surface area (TPSA) is 293 Å². The van der Waals surface area contributed by atoms with Crippen molar-refractivity contribution >= 4 is 5.78 Å². The maximum absolute atomic E-state index is 14.6. The predicted octanol–water partition coefficient (Wildman–Crippen LogP) is -1.94. The lowest BCUT2D eigenvalue weighted by Gasteiger charge is -2.61. The van der Waals surface area contributed by atoms with Crippen molar-refractivity contribution in [1.82, 2.24) is 0 Å². The number of carbonyl (C=O) groups is 1. The van der Waals surface area contributed by atoms with Crippen LogP contribution >= 0.6 is 0 Å². The minimum absolute atomic E-state index is 0.0331. The molecule has 5 saturated heterocycles. The van der Waals surface area contributed by atoms with Crippen LogP contribution in [0.1, 0.15) is 79.1 Å². The zero-order chi connectivity index (χ0) is 45.1. The molecule has 360 valence electrons. The van der Waals surface area contributed by atoms with Gasteiger partial charge in [-0.25, -0.2) is 0 Å². The van der Waals surface area contributed by atoms with Gasteiger partial charge >= 0.3 is 0 Å². The van der Waals surface area contributed by atoms with Gasteiger partial charge in [0.25, 0.3) is 0 Å². The van der Waals surface area contributed by atoms with Crippen LogP contribution in [-0.4, -0.2) is 193 Å². The quantitative estimate of drug-likeness (QED) is 0.119. The van der Waals surface area contributed by atoms with E-state index in [2.05, 4.69) is 27.7 Å². The number of hydrogen-bond acceptors (Lipinski definition) is 19. The van der Waals surface area contributed by atoms with Gasteiger partial charge in [0.15, 0.2) is 24.7 Å². The summed E-state index contributed by atoms with van der Waals surface area (Å²) < 4.78 is 48.3. The summed E-state index contributed by atoms with van der Waals surface area (Å²) in [6, 6.07) is 0. The number of hydrogen-bond donors (Lipinski definition) is 10. The second-order valence-corrected chi connectivity index (χ2v) is 21.1. The largest absolute Gasteiger partial charge is 0.394 e. The van der Waals surface area contributed by atoms with E-state index in [4.69, 9.17) is 37.9 Å². The summed E-state index contributed by atoms with van der Waals surface area (Å²) in [6.45, 7) is 7.46. The molecule has 19 heteroatoms. The number of aliphatic hydroxyl groups excluding tert-OH is 10. The van der Waals surface area contributed by atoms with Crippen molar-refractivity contribution in [3.63, 3.8) is 0 Å². The summed E-state index contributed by atoms with van der Waals surface area (Å²) >= 11 is 0. The fraction of sp³-hybridized carbons (Fsp3) is 0.977. The van der Waals surface area contributed by atoms with Gasteiger partial charge < -0.3 is 89.0 Å². The molecule has 19 nitrogen and oxygen atoms in total. The zero-order valence-electron chi connectivity index (χ0n) is 36.5. The van der Waals surface area contributed by atoms with Crippen LogP contribution in [0, 0.1) is 52.3 Å². The third-order valence-electron chi connectivity index (χ3n) is 17.8. The highest BCUT2D eigenvalue weighted by atomic mass is 16.8. The van der Waals surface area contributed by atoms with Crippen LogP contribution in [0.15, 0.2) is 0 Å². The summed E-state index contributed by atoms with van der Waals surface area (Å²) in [4.78, 5) is 14.6. The van der Waals surface area contributed by atoms with Crippen LogP contribution < -0.4 is 0 Å². The second kappa shape index (κ2) is 17.5. The molecule has 27 atom stereocenters. The number of carbonyl (C=O) groups excluding carboxylic acids is 1. The van der Waals surface area contributed by atoms with Gasteiger partial charge in [0.2, 0.25) is 0 Å². The lowest BCUT2D eigenvalue weighted by atomic mass is 9.43. The Bertz CT molecular complexity index is 1630. The molecule has 0 aromatic carbocycles. The molecule has 10 N–H and O–H groups in total. The van der Waals surface area contributed by atoms with Gasteiger partial charge in [-0.3, -0.25) is 4.79 Å². The fourth-order valence-corrected chi connectivity index (χ4v) is 14.1. The van der Waals surface area contributed by atoms with Crippen LogP contribution in [0.25, 0.3) is 0 Å². The smallest absolute Gasteiger partial charge is 0.187 e. The van der Waals surface area contributed by atoms with Gasteiger partial charge in [-0.1, -0.05) is 27.7 Å². The third-order valence-corrected chi connectivity index (χ3v) is 17.8. The van der Waals surface area contributed by atoms with E-state index >= 15 is 0 Å². The lowest BCUT2D eigenvalue weighted by Crippen LogP contribution is -2.66. The molecular weight excluding hydrogens is 832 g/mol. The van der Waals surface area contributed by atoms with E-state index in [-0.39, 0.29) is 46.9 Å². The monoisotopic (exact) mass is 902 g/mol. The van der Waals surface area contributed by atoms with Crippen LogP contribution in [0.5, 0.6) is 0 Å². The molecule has 5 heterocycles. The lowest BCUT2D eigenvalue weighted by molar-refractivity contribution is -0.386. The van der Waals surface area contributed by atoms with Crippen molar-refractivity contribution < 1.29 is 93.8 Å². The number of rotatable bonds is 8. The van der Waals surface area contributed by atoms with Gasteiger partial charge in [0.1, 0.15) is 72.9 Å². The van der Waals surface area contributed by atoms with Crippen LogP contribution in [0.3, 0.4) is 0 Å². The molecule has 0 bridgehead atoms. The molecule has 4 saturated carbocycles. The molecule has 9 fully saturated rings. The van der Waals surface area contributed by atoms with E-state index in [0.29, 0.717) is 37.7 Å². The SMILES string of the molecule is C[C@@H]1CC[C@@]2(OC1)O[C@H]1C[C@H]3[C@@H]4CC[C@H]5C[C@@H](O[C@@H]6O[C@H](CO)[C@H](O[C@@H]7O[C@H](CO)[C@@H](O)[C@H](O)[C@H]7O[C@@H]7OC[C@@H](O)[C@H](O)[C@H]7O)[C@H](O)[C@H]6O)[C@H](O)C[C@]5(C)[C@H]4CC(=O)[C@]3(C)[C@H]1[C@@H]2C. The number of aliphatic hydroxyl groups is 10. The Balaban J connectivity index is 0.857. The third kappa shape index (κ3) is 7.60. The minimum Gasteiger partial charge on any atom is -0.394 e. The fourth-order valence-electron chi connectivity index (χ4n) is 14.1. The average molecular weight is 903 g/mol. The second-order valence-electron chi connectivity index (χ2n) is 21.1. The Hall–Kier alpha value is -1.05. The van der Waals surface area contributed by atoms with Crippen LogP contribution in [0.4, 0.5) is 0 Å². The molecule has 0 aromatic rings. The first-order chi connectivity index (χ1) is 29.9. The Morgan fingerprint density at radius 1 is 0.698 bits per heavy atom. The Morgan fingerprint density at radius 3 is 2.08 bits per heavy atom.